The monoisotopic (exact) mass is 447 g/mol. The molecule has 4 nitrogen and oxygen atoms in total. The van der Waals surface area contributed by atoms with Gasteiger partial charge in [-0.1, -0.05) is 0 Å². The average Bonchev–Trinajstić information content (AvgIpc) is 2.86. The molecule has 0 aliphatic heterocycles. The van der Waals surface area contributed by atoms with Crippen molar-refractivity contribution >= 4 is 49.1 Å². The first-order chi connectivity index (χ1) is 10.5. The van der Waals surface area contributed by atoms with Gasteiger partial charge in [-0.05, 0) is 63.0 Å². The van der Waals surface area contributed by atoms with Gasteiger partial charge in [-0.25, -0.2) is 0 Å². The molecule has 0 aliphatic carbocycles. The molecule has 22 heavy (non-hydrogen) atoms. The van der Waals surface area contributed by atoms with Crippen LogP contribution < -0.4 is 14.8 Å². The number of hydrogen-bond acceptors (Lipinski definition) is 4. The summed E-state index contributed by atoms with van der Waals surface area (Å²) in [4.78, 5) is 13.0. The number of benzene rings is 1. The lowest BCUT2D eigenvalue weighted by molar-refractivity contribution is 0.0943. The van der Waals surface area contributed by atoms with Gasteiger partial charge in [0, 0.05) is 10.0 Å². The fraction of sp³-hybridized carbons (Fsp3) is 0.267. The molecule has 1 N–H and O–H groups in total. The number of hydrogen-bond donors (Lipinski definition) is 1. The number of nitrogens with one attached hydrogen (secondary N) is 1. The Bertz CT molecular complexity index is 668. The number of amides is 1. The van der Waals surface area contributed by atoms with Gasteiger partial charge in [0.2, 0.25) is 0 Å². The Morgan fingerprint density at radius 3 is 2.50 bits per heavy atom. The summed E-state index contributed by atoms with van der Waals surface area (Å²) < 4.78 is 12.4. The molecule has 0 bridgehead atoms. The summed E-state index contributed by atoms with van der Waals surface area (Å²) in [5.74, 6) is 1.30. The summed E-state index contributed by atoms with van der Waals surface area (Å²) in [6, 6.07) is 7.10. The summed E-state index contributed by atoms with van der Waals surface area (Å²) in [6.07, 6.45) is 0. The molecule has 7 heteroatoms. The molecule has 118 valence electrons. The van der Waals surface area contributed by atoms with Crippen molar-refractivity contribution in [3.8, 4) is 11.5 Å². The second kappa shape index (κ2) is 7.48. The Morgan fingerprint density at radius 1 is 1.23 bits per heavy atom. The van der Waals surface area contributed by atoms with Crippen LogP contribution in [0.2, 0.25) is 0 Å². The van der Waals surface area contributed by atoms with E-state index < -0.39 is 0 Å². The van der Waals surface area contributed by atoms with E-state index in [2.05, 4.69) is 37.2 Å². The topological polar surface area (TPSA) is 47.6 Å². The van der Waals surface area contributed by atoms with E-state index in [1.807, 2.05) is 25.1 Å². The van der Waals surface area contributed by atoms with Crippen LogP contribution in [-0.2, 0) is 0 Å². The highest BCUT2D eigenvalue weighted by atomic mass is 79.9. The van der Waals surface area contributed by atoms with Crippen LogP contribution in [0.5, 0.6) is 11.5 Å². The van der Waals surface area contributed by atoms with Gasteiger partial charge in [0.05, 0.1) is 28.9 Å². The first-order valence-corrected chi connectivity index (χ1v) is 8.84. The van der Waals surface area contributed by atoms with Crippen molar-refractivity contribution in [2.75, 3.05) is 14.2 Å². The van der Waals surface area contributed by atoms with Crippen LogP contribution >= 0.6 is 43.2 Å². The van der Waals surface area contributed by atoms with Crippen LogP contribution in [0.1, 0.15) is 28.2 Å². The number of rotatable bonds is 5. The summed E-state index contributed by atoms with van der Waals surface area (Å²) in [5.41, 5.74) is 0.866. The van der Waals surface area contributed by atoms with E-state index in [0.717, 1.165) is 19.6 Å². The quantitative estimate of drug-likeness (QED) is 0.715. The molecule has 2 aromatic rings. The minimum Gasteiger partial charge on any atom is -0.497 e. The maximum atomic E-state index is 12.3. The molecule has 1 aromatic carbocycles. The smallest absolute Gasteiger partial charge is 0.261 e. The summed E-state index contributed by atoms with van der Waals surface area (Å²) in [5, 5.41) is 2.97. The number of ether oxygens (including phenoxy) is 2. The number of methoxy groups -OCH3 is 2. The standard InChI is InChI=1S/C15H15Br2NO3S/c1-8(10-6-9(20-2)4-5-12(10)21-3)18-15(19)13-7-11(16)14(17)22-13/h4-8H,1-3H3,(H,18,19). The zero-order chi connectivity index (χ0) is 16.3. The van der Waals surface area contributed by atoms with Crippen molar-refractivity contribution in [1.82, 2.24) is 5.32 Å². The Morgan fingerprint density at radius 2 is 1.95 bits per heavy atom. The fourth-order valence-electron chi connectivity index (χ4n) is 1.98. The van der Waals surface area contributed by atoms with E-state index in [1.54, 1.807) is 20.3 Å². The Hall–Kier alpha value is -1.05. The van der Waals surface area contributed by atoms with Gasteiger partial charge in [0.1, 0.15) is 11.5 Å². The zero-order valence-electron chi connectivity index (χ0n) is 12.3. The van der Waals surface area contributed by atoms with Gasteiger partial charge in [-0.15, -0.1) is 11.3 Å². The third-order valence-electron chi connectivity index (χ3n) is 3.12. The van der Waals surface area contributed by atoms with Crippen molar-refractivity contribution in [2.24, 2.45) is 0 Å². The maximum Gasteiger partial charge on any atom is 0.261 e. The predicted octanol–water partition coefficient (Wildman–Crippen LogP) is 4.78. The lowest BCUT2D eigenvalue weighted by Gasteiger charge is -2.18. The van der Waals surface area contributed by atoms with Gasteiger partial charge in [0.15, 0.2) is 0 Å². The van der Waals surface area contributed by atoms with Crippen LogP contribution in [0, 0.1) is 0 Å². The molecule has 0 saturated heterocycles. The SMILES string of the molecule is COc1ccc(OC)c(C(C)NC(=O)c2cc(Br)c(Br)s2)c1. The van der Waals surface area contributed by atoms with Gasteiger partial charge < -0.3 is 14.8 Å². The molecule has 1 aromatic heterocycles. The molecule has 2 rings (SSSR count). The number of thiophene rings is 1. The number of carbonyl (C=O) groups excluding carboxylic acids is 1. The van der Waals surface area contributed by atoms with Gasteiger partial charge in [-0.2, -0.15) is 0 Å². The lowest BCUT2D eigenvalue weighted by atomic mass is 10.1. The summed E-state index contributed by atoms with van der Waals surface area (Å²) in [6.45, 7) is 1.91. The largest absolute Gasteiger partial charge is 0.497 e. The molecule has 1 unspecified atom stereocenters. The second-order valence-electron chi connectivity index (χ2n) is 4.54. The van der Waals surface area contributed by atoms with E-state index in [-0.39, 0.29) is 11.9 Å². The van der Waals surface area contributed by atoms with Crippen LogP contribution in [-0.4, -0.2) is 20.1 Å². The molecule has 0 radical (unpaired) electrons. The first kappa shape index (κ1) is 17.3. The van der Waals surface area contributed by atoms with E-state index in [4.69, 9.17) is 9.47 Å². The van der Waals surface area contributed by atoms with Crippen molar-refractivity contribution in [3.05, 3.63) is 43.0 Å². The minimum absolute atomic E-state index is 0.131. The zero-order valence-corrected chi connectivity index (χ0v) is 16.3. The lowest BCUT2D eigenvalue weighted by Crippen LogP contribution is -2.26. The fourth-order valence-corrected chi connectivity index (χ4v) is 3.92. The molecular formula is C15H15Br2NO3S. The van der Waals surface area contributed by atoms with E-state index in [0.29, 0.717) is 10.6 Å². The highest BCUT2D eigenvalue weighted by Crippen LogP contribution is 2.33. The van der Waals surface area contributed by atoms with Crippen molar-refractivity contribution in [1.29, 1.82) is 0 Å². The third kappa shape index (κ3) is 3.83. The molecule has 0 aliphatic rings. The Labute approximate surface area is 150 Å². The first-order valence-electron chi connectivity index (χ1n) is 6.44. The average molecular weight is 449 g/mol. The predicted molar refractivity (Wildman–Crippen MR) is 95.1 cm³/mol. The van der Waals surface area contributed by atoms with Gasteiger partial charge >= 0.3 is 0 Å². The van der Waals surface area contributed by atoms with Crippen LogP contribution in [0.4, 0.5) is 0 Å². The normalized spacial score (nSPS) is 11.9. The van der Waals surface area contributed by atoms with E-state index >= 15 is 0 Å². The number of carbonyl (C=O) groups is 1. The second-order valence-corrected chi connectivity index (χ2v) is 7.76. The molecule has 1 atom stereocenters. The molecule has 1 heterocycles. The van der Waals surface area contributed by atoms with Crippen LogP contribution in [0.3, 0.4) is 0 Å². The molecule has 0 saturated carbocycles. The Balaban J connectivity index is 2.21. The molecular weight excluding hydrogens is 434 g/mol. The third-order valence-corrected chi connectivity index (χ3v) is 6.37. The van der Waals surface area contributed by atoms with Crippen LogP contribution in [0.15, 0.2) is 32.5 Å². The Kier molecular flexibility index (Phi) is 5.88. The molecule has 0 spiro atoms. The highest BCUT2D eigenvalue weighted by Gasteiger charge is 2.18. The minimum atomic E-state index is -0.211. The van der Waals surface area contributed by atoms with Crippen molar-refractivity contribution < 1.29 is 14.3 Å². The van der Waals surface area contributed by atoms with E-state index in [9.17, 15) is 4.79 Å². The van der Waals surface area contributed by atoms with Crippen molar-refractivity contribution in [2.45, 2.75) is 13.0 Å². The van der Waals surface area contributed by atoms with Gasteiger partial charge in [-0.3, -0.25) is 4.79 Å². The summed E-state index contributed by atoms with van der Waals surface area (Å²) >= 11 is 8.16. The maximum absolute atomic E-state index is 12.3. The van der Waals surface area contributed by atoms with Gasteiger partial charge in [0.25, 0.3) is 5.91 Å². The molecule has 0 fully saturated rings. The van der Waals surface area contributed by atoms with Crippen molar-refractivity contribution in [3.63, 3.8) is 0 Å². The highest BCUT2D eigenvalue weighted by molar-refractivity contribution is 9.13. The molecule has 1 amide bonds. The summed E-state index contributed by atoms with van der Waals surface area (Å²) in [7, 11) is 3.21. The number of halogens is 2. The van der Waals surface area contributed by atoms with E-state index in [1.165, 1.54) is 11.3 Å². The van der Waals surface area contributed by atoms with Crippen LogP contribution in [0.25, 0.3) is 0 Å².